The first-order valence-electron chi connectivity index (χ1n) is 8.05. The van der Waals surface area contributed by atoms with Crippen molar-refractivity contribution in [2.24, 2.45) is 5.92 Å². The monoisotopic (exact) mass is 282 g/mol. The molecular weight excluding hydrogens is 252 g/mol. The van der Waals surface area contributed by atoms with Gasteiger partial charge in [-0.3, -0.25) is 9.69 Å². The van der Waals surface area contributed by atoms with Gasteiger partial charge in [0.2, 0.25) is 0 Å². The van der Waals surface area contributed by atoms with Crippen LogP contribution in [0.3, 0.4) is 0 Å². The summed E-state index contributed by atoms with van der Waals surface area (Å²) in [5.74, 6) is 0.793. The summed E-state index contributed by atoms with van der Waals surface area (Å²) in [6, 6.07) is 1.04. The fraction of sp³-hybridized carbons (Fsp3) is 0.938. The molecule has 0 aliphatic heterocycles. The molecule has 2 fully saturated rings. The number of hydrogen-bond acceptors (Lipinski definition) is 4. The van der Waals surface area contributed by atoms with E-state index in [-0.39, 0.29) is 5.97 Å². The van der Waals surface area contributed by atoms with Crippen molar-refractivity contribution in [2.75, 3.05) is 20.7 Å². The van der Waals surface area contributed by atoms with Gasteiger partial charge in [-0.15, -0.1) is 0 Å². The summed E-state index contributed by atoms with van der Waals surface area (Å²) in [5.41, 5.74) is -0.478. The van der Waals surface area contributed by atoms with Crippen LogP contribution < -0.4 is 5.32 Å². The van der Waals surface area contributed by atoms with Crippen molar-refractivity contribution in [2.45, 2.75) is 70.0 Å². The van der Waals surface area contributed by atoms with E-state index < -0.39 is 5.54 Å². The Hall–Kier alpha value is -0.610. The van der Waals surface area contributed by atoms with Crippen LogP contribution in [0.25, 0.3) is 0 Å². The summed E-state index contributed by atoms with van der Waals surface area (Å²) in [7, 11) is 3.38. The third-order valence-electron chi connectivity index (χ3n) is 5.08. The number of nitrogens with one attached hydrogen (secondary N) is 1. The fourth-order valence-corrected chi connectivity index (χ4v) is 3.62. The van der Waals surface area contributed by atoms with Crippen molar-refractivity contribution in [3.05, 3.63) is 0 Å². The molecule has 0 radical (unpaired) electrons. The minimum atomic E-state index is -0.478. The van der Waals surface area contributed by atoms with Crippen molar-refractivity contribution in [1.29, 1.82) is 0 Å². The third kappa shape index (κ3) is 3.34. The number of esters is 1. The number of likely N-dealkylation sites (N-methyl/N-ethyl adjacent to an activating group) is 1. The van der Waals surface area contributed by atoms with E-state index >= 15 is 0 Å². The Labute approximate surface area is 123 Å². The largest absolute Gasteiger partial charge is 0.468 e. The van der Waals surface area contributed by atoms with E-state index in [1.807, 2.05) is 7.05 Å². The van der Waals surface area contributed by atoms with Gasteiger partial charge >= 0.3 is 5.97 Å². The smallest absolute Gasteiger partial charge is 0.326 e. The standard InChI is InChI=1S/C16H30N2O2/c1-12(2)18(11-13-7-8-13)14-6-5-9-16(10-14,17-3)15(19)20-4/h12-14,17H,5-11H2,1-4H3. The summed E-state index contributed by atoms with van der Waals surface area (Å²) in [6.45, 7) is 5.75. The van der Waals surface area contributed by atoms with E-state index in [1.54, 1.807) is 0 Å². The normalized spacial score (nSPS) is 30.8. The SMILES string of the molecule is CNC1(C(=O)OC)CCCC(N(CC2CC2)C(C)C)C1. The van der Waals surface area contributed by atoms with Gasteiger partial charge in [-0.05, 0) is 65.3 Å². The highest BCUT2D eigenvalue weighted by Crippen LogP contribution is 2.36. The second-order valence-corrected chi connectivity index (χ2v) is 6.81. The molecular formula is C16H30N2O2. The predicted octanol–water partition coefficient (Wildman–Crippen LogP) is 2.18. The molecule has 2 rings (SSSR count). The van der Waals surface area contributed by atoms with Gasteiger partial charge in [0, 0.05) is 18.6 Å². The van der Waals surface area contributed by atoms with Gasteiger partial charge in [0.05, 0.1) is 7.11 Å². The molecule has 0 amide bonds. The van der Waals surface area contributed by atoms with Crippen molar-refractivity contribution in [1.82, 2.24) is 10.2 Å². The van der Waals surface area contributed by atoms with Gasteiger partial charge < -0.3 is 10.1 Å². The fourth-order valence-electron chi connectivity index (χ4n) is 3.62. The zero-order chi connectivity index (χ0) is 14.8. The van der Waals surface area contributed by atoms with E-state index in [4.69, 9.17) is 4.74 Å². The molecule has 0 aromatic heterocycles. The Bertz CT molecular complexity index is 341. The molecule has 2 atom stereocenters. The average molecular weight is 282 g/mol. The molecule has 2 unspecified atom stereocenters. The van der Waals surface area contributed by atoms with E-state index in [0.29, 0.717) is 12.1 Å². The Morgan fingerprint density at radius 1 is 1.40 bits per heavy atom. The molecule has 2 aliphatic carbocycles. The van der Waals surface area contributed by atoms with Crippen LogP contribution in [-0.2, 0) is 9.53 Å². The van der Waals surface area contributed by atoms with Crippen molar-refractivity contribution < 1.29 is 9.53 Å². The van der Waals surface area contributed by atoms with E-state index in [1.165, 1.54) is 32.9 Å². The van der Waals surface area contributed by atoms with Crippen LogP contribution in [0.2, 0.25) is 0 Å². The van der Waals surface area contributed by atoms with Crippen LogP contribution >= 0.6 is 0 Å². The quantitative estimate of drug-likeness (QED) is 0.758. The number of ether oxygens (including phenoxy) is 1. The maximum absolute atomic E-state index is 12.2. The summed E-state index contributed by atoms with van der Waals surface area (Å²) in [5, 5.41) is 3.26. The van der Waals surface area contributed by atoms with Crippen molar-refractivity contribution in [3.8, 4) is 0 Å². The van der Waals surface area contributed by atoms with E-state index in [0.717, 1.165) is 25.2 Å². The van der Waals surface area contributed by atoms with Crippen LogP contribution in [-0.4, -0.2) is 49.2 Å². The van der Waals surface area contributed by atoms with E-state index in [2.05, 4.69) is 24.1 Å². The number of nitrogens with zero attached hydrogens (tertiary/aromatic N) is 1. The molecule has 116 valence electrons. The highest BCUT2D eigenvalue weighted by molar-refractivity contribution is 5.81. The lowest BCUT2D eigenvalue weighted by Gasteiger charge is -2.44. The molecule has 4 nitrogen and oxygen atoms in total. The number of hydrogen-bond donors (Lipinski definition) is 1. The van der Waals surface area contributed by atoms with Gasteiger partial charge in [-0.2, -0.15) is 0 Å². The molecule has 0 bridgehead atoms. The highest BCUT2D eigenvalue weighted by Gasteiger charge is 2.44. The molecule has 1 N–H and O–H groups in total. The van der Waals surface area contributed by atoms with Gasteiger partial charge in [0.25, 0.3) is 0 Å². The second kappa shape index (κ2) is 6.44. The molecule has 20 heavy (non-hydrogen) atoms. The molecule has 0 heterocycles. The lowest BCUT2D eigenvalue weighted by atomic mass is 9.78. The maximum atomic E-state index is 12.2. The molecule has 2 saturated carbocycles. The van der Waals surface area contributed by atoms with E-state index in [9.17, 15) is 4.79 Å². The first kappa shape index (κ1) is 15.8. The Kier molecular flexibility index (Phi) is 5.08. The van der Waals surface area contributed by atoms with Gasteiger partial charge in [0.1, 0.15) is 5.54 Å². The molecule has 0 saturated heterocycles. The Morgan fingerprint density at radius 2 is 2.10 bits per heavy atom. The first-order valence-corrected chi connectivity index (χ1v) is 8.05. The summed E-state index contributed by atoms with van der Waals surface area (Å²) in [6.07, 6.45) is 6.82. The zero-order valence-electron chi connectivity index (χ0n) is 13.4. The van der Waals surface area contributed by atoms with Crippen LogP contribution in [0, 0.1) is 5.92 Å². The maximum Gasteiger partial charge on any atom is 0.326 e. The molecule has 0 aromatic rings. The first-order chi connectivity index (χ1) is 9.52. The van der Waals surface area contributed by atoms with Gasteiger partial charge in [-0.25, -0.2) is 0 Å². The summed E-state index contributed by atoms with van der Waals surface area (Å²) in [4.78, 5) is 14.8. The lowest BCUT2D eigenvalue weighted by molar-refractivity contribution is -0.151. The number of methoxy groups -OCH3 is 1. The van der Waals surface area contributed by atoms with Crippen LogP contribution in [0.5, 0.6) is 0 Å². The minimum absolute atomic E-state index is 0.0974. The van der Waals surface area contributed by atoms with Crippen molar-refractivity contribution in [3.63, 3.8) is 0 Å². The topological polar surface area (TPSA) is 41.6 Å². The zero-order valence-corrected chi connectivity index (χ0v) is 13.4. The number of carbonyl (C=O) groups excluding carboxylic acids is 1. The van der Waals surface area contributed by atoms with Crippen LogP contribution in [0.1, 0.15) is 52.4 Å². The predicted molar refractivity (Wildman–Crippen MR) is 80.6 cm³/mol. The molecule has 4 heteroatoms. The van der Waals surface area contributed by atoms with Gasteiger partial charge in [-0.1, -0.05) is 0 Å². The Balaban J connectivity index is 2.08. The highest BCUT2D eigenvalue weighted by atomic mass is 16.5. The lowest BCUT2D eigenvalue weighted by Crippen LogP contribution is -2.58. The summed E-state index contributed by atoms with van der Waals surface area (Å²) >= 11 is 0. The third-order valence-corrected chi connectivity index (χ3v) is 5.08. The van der Waals surface area contributed by atoms with Crippen molar-refractivity contribution >= 4 is 5.97 Å². The second-order valence-electron chi connectivity index (χ2n) is 6.81. The van der Waals surface area contributed by atoms with Crippen LogP contribution in [0.4, 0.5) is 0 Å². The van der Waals surface area contributed by atoms with Crippen LogP contribution in [0.15, 0.2) is 0 Å². The number of rotatable bonds is 6. The molecule has 0 aromatic carbocycles. The Morgan fingerprint density at radius 3 is 2.60 bits per heavy atom. The number of carbonyl (C=O) groups is 1. The molecule has 2 aliphatic rings. The summed E-state index contributed by atoms with van der Waals surface area (Å²) < 4.78 is 5.05. The molecule has 0 spiro atoms. The van der Waals surface area contributed by atoms with Gasteiger partial charge in [0.15, 0.2) is 0 Å². The minimum Gasteiger partial charge on any atom is -0.468 e. The average Bonchev–Trinajstić information content (AvgIpc) is 3.27.